The van der Waals surface area contributed by atoms with E-state index >= 15 is 0 Å². The number of nitrogens with two attached hydrogens (primary N) is 1. The maximum Gasteiger partial charge on any atom is 0.326 e. The number of nitrogens with one attached hydrogen (secondary N) is 1. The van der Waals surface area contributed by atoms with Crippen molar-refractivity contribution in [1.29, 1.82) is 0 Å². The first kappa shape index (κ1) is 26.6. The lowest BCUT2D eigenvalue weighted by Crippen LogP contribution is -2.55. The largest absolute Gasteiger partial charge is 0.480 e. The number of hydrogen-bond acceptors (Lipinski definition) is 6. The maximum atomic E-state index is 13.1. The Balaban J connectivity index is 0.000000520. The van der Waals surface area contributed by atoms with Crippen LogP contribution in [0.5, 0.6) is 0 Å². The van der Waals surface area contributed by atoms with Crippen molar-refractivity contribution in [2.45, 2.75) is 122 Å². The van der Waals surface area contributed by atoms with Crippen molar-refractivity contribution in [2.24, 2.45) is 11.7 Å². The molecule has 32 heavy (non-hydrogen) atoms. The molecule has 0 radical (unpaired) electrons. The predicted octanol–water partition coefficient (Wildman–Crippen LogP) is 2.83. The van der Waals surface area contributed by atoms with Crippen molar-refractivity contribution in [2.75, 3.05) is 6.61 Å². The van der Waals surface area contributed by atoms with Gasteiger partial charge in [0.25, 0.3) is 0 Å². The highest BCUT2D eigenvalue weighted by Crippen LogP contribution is 2.40. The summed E-state index contributed by atoms with van der Waals surface area (Å²) in [5, 5.41) is 12.7. The third-order valence-electron chi connectivity index (χ3n) is 7.00. The first-order valence-electron chi connectivity index (χ1n) is 12.5. The Morgan fingerprint density at radius 3 is 2.25 bits per heavy atom. The number of amides is 1. The topological polar surface area (TPSA) is 122 Å². The van der Waals surface area contributed by atoms with Crippen molar-refractivity contribution in [3.05, 3.63) is 0 Å². The number of carboxylic acids is 1. The second-order valence-electron chi connectivity index (χ2n) is 9.47. The van der Waals surface area contributed by atoms with E-state index in [-0.39, 0.29) is 23.8 Å². The van der Waals surface area contributed by atoms with E-state index in [1.54, 1.807) is 18.7 Å². The van der Waals surface area contributed by atoms with Crippen LogP contribution in [0, 0.1) is 5.92 Å². The molecule has 3 aliphatic rings. The lowest BCUT2D eigenvalue weighted by molar-refractivity contribution is -0.152. The standard InChI is InChI=1S/C19H32N2O5.C5H11N/c1-4-8-14(19(25)26-5-2)20-12(3)17(22)21-15-10-7-6-9-13(15)11-16(21)18(23)24;6-5-3-1-2-4-5/h12-16,20H,4-11H2,1-3H3,(H,23,24);5H,1-4,6H2/t12-,13-,14-,15-,16-;/m0./s1. The summed E-state index contributed by atoms with van der Waals surface area (Å²) in [7, 11) is 0. The summed E-state index contributed by atoms with van der Waals surface area (Å²) in [6, 6.07) is -1.38. The fourth-order valence-corrected chi connectivity index (χ4v) is 5.35. The zero-order valence-corrected chi connectivity index (χ0v) is 20.1. The van der Waals surface area contributed by atoms with Crippen LogP contribution in [-0.2, 0) is 19.1 Å². The average molecular weight is 454 g/mol. The van der Waals surface area contributed by atoms with Gasteiger partial charge >= 0.3 is 11.9 Å². The van der Waals surface area contributed by atoms with Crippen LogP contribution in [0.15, 0.2) is 0 Å². The Labute approximate surface area is 192 Å². The Morgan fingerprint density at radius 2 is 1.72 bits per heavy atom. The highest BCUT2D eigenvalue weighted by atomic mass is 16.5. The van der Waals surface area contributed by atoms with Crippen LogP contribution in [0.1, 0.15) is 91.4 Å². The van der Waals surface area contributed by atoms with E-state index in [1.165, 1.54) is 25.7 Å². The number of carbonyl (C=O) groups excluding carboxylic acids is 2. The minimum atomic E-state index is -0.935. The molecule has 1 heterocycles. The summed E-state index contributed by atoms with van der Waals surface area (Å²) in [4.78, 5) is 38.5. The van der Waals surface area contributed by atoms with Gasteiger partial charge in [-0.2, -0.15) is 0 Å². The minimum Gasteiger partial charge on any atom is -0.480 e. The van der Waals surface area contributed by atoms with Crippen molar-refractivity contribution in [3.8, 4) is 0 Å². The quantitative estimate of drug-likeness (QED) is 0.483. The molecule has 3 rings (SSSR count). The molecule has 0 unspecified atom stereocenters. The van der Waals surface area contributed by atoms with Crippen LogP contribution < -0.4 is 11.1 Å². The van der Waals surface area contributed by atoms with E-state index in [9.17, 15) is 19.5 Å². The van der Waals surface area contributed by atoms with Gasteiger partial charge in [0.05, 0.1) is 12.6 Å². The van der Waals surface area contributed by atoms with E-state index in [1.807, 2.05) is 6.92 Å². The second kappa shape index (κ2) is 13.1. The maximum absolute atomic E-state index is 13.1. The first-order chi connectivity index (χ1) is 15.3. The van der Waals surface area contributed by atoms with Crippen molar-refractivity contribution < 1.29 is 24.2 Å². The molecule has 3 fully saturated rings. The van der Waals surface area contributed by atoms with Gasteiger partial charge in [-0.25, -0.2) is 4.79 Å². The Morgan fingerprint density at radius 1 is 1.09 bits per heavy atom. The number of likely N-dealkylation sites (tertiary alicyclic amines) is 1. The fraction of sp³-hybridized carbons (Fsp3) is 0.875. The summed E-state index contributed by atoms with van der Waals surface area (Å²) in [5.74, 6) is -1.24. The molecule has 8 heteroatoms. The van der Waals surface area contributed by atoms with Gasteiger partial charge in [0.15, 0.2) is 0 Å². The van der Waals surface area contributed by atoms with Gasteiger partial charge in [0.1, 0.15) is 12.1 Å². The number of aliphatic carboxylic acids is 1. The zero-order valence-electron chi connectivity index (χ0n) is 20.1. The van der Waals surface area contributed by atoms with Gasteiger partial charge in [-0.3, -0.25) is 14.9 Å². The van der Waals surface area contributed by atoms with Crippen LogP contribution in [-0.4, -0.2) is 64.7 Å². The molecule has 0 spiro atoms. The summed E-state index contributed by atoms with van der Waals surface area (Å²) in [6.45, 7) is 5.72. The van der Waals surface area contributed by atoms with Gasteiger partial charge in [-0.05, 0) is 58.3 Å². The highest BCUT2D eigenvalue weighted by Gasteiger charge is 2.48. The van der Waals surface area contributed by atoms with E-state index in [2.05, 4.69) is 5.32 Å². The molecule has 0 bridgehead atoms. The van der Waals surface area contributed by atoms with Crippen LogP contribution >= 0.6 is 0 Å². The van der Waals surface area contributed by atoms with Gasteiger partial charge in [-0.1, -0.05) is 39.0 Å². The SMILES string of the molecule is CCC[C@H](N[C@@H](C)C(=O)N1[C@H](C(=O)O)C[C@@H]2CCCC[C@@H]21)C(=O)OCC.NC1CCCC1. The third kappa shape index (κ3) is 7.17. The molecule has 2 saturated carbocycles. The molecule has 5 atom stereocenters. The average Bonchev–Trinajstić information content (AvgIpc) is 3.40. The molecular weight excluding hydrogens is 410 g/mol. The minimum absolute atomic E-state index is 0.00817. The van der Waals surface area contributed by atoms with E-state index in [0.717, 1.165) is 32.1 Å². The zero-order chi connectivity index (χ0) is 23.7. The molecule has 184 valence electrons. The van der Waals surface area contributed by atoms with Crippen LogP contribution in [0.25, 0.3) is 0 Å². The number of carbonyl (C=O) groups is 3. The number of ether oxygens (including phenoxy) is 1. The van der Waals surface area contributed by atoms with Gasteiger partial charge < -0.3 is 20.5 Å². The molecule has 1 saturated heterocycles. The molecular formula is C24H43N3O5. The van der Waals surface area contributed by atoms with E-state index in [4.69, 9.17) is 10.5 Å². The molecule has 0 aromatic carbocycles. The van der Waals surface area contributed by atoms with E-state index in [0.29, 0.717) is 25.5 Å². The van der Waals surface area contributed by atoms with Crippen LogP contribution in [0.3, 0.4) is 0 Å². The number of esters is 1. The van der Waals surface area contributed by atoms with Gasteiger partial charge in [0.2, 0.25) is 5.91 Å². The molecule has 0 aromatic heterocycles. The number of carboxylic acid groups (broad SMARTS) is 1. The number of nitrogens with zero attached hydrogens (tertiary/aromatic N) is 1. The van der Waals surface area contributed by atoms with Crippen LogP contribution in [0.4, 0.5) is 0 Å². The van der Waals surface area contributed by atoms with Crippen molar-refractivity contribution in [1.82, 2.24) is 10.2 Å². The lowest BCUT2D eigenvalue weighted by atomic mass is 9.84. The lowest BCUT2D eigenvalue weighted by Gasteiger charge is -2.35. The Bertz CT molecular complexity index is 623. The summed E-state index contributed by atoms with van der Waals surface area (Å²) < 4.78 is 5.09. The smallest absolute Gasteiger partial charge is 0.326 e. The summed E-state index contributed by atoms with van der Waals surface area (Å²) >= 11 is 0. The van der Waals surface area contributed by atoms with E-state index < -0.39 is 24.1 Å². The van der Waals surface area contributed by atoms with Crippen molar-refractivity contribution >= 4 is 17.8 Å². The number of rotatable bonds is 8. The molecule has 1 amide bonds. The second-order valence-corrected chi connectivity index (χ2v) is 9.47. The third-order valence-corrected chi connectivity index (χ3v) is 7.00. The Kier molecular flexibility index (Phi) is 10.9. The highest BCUT2D eigenvalue weighted by molar-refractivity contribution is 5.88. The molecule has 1 aliphatic heterocycles. The predicted molar refractivity (Wildman–Crippen MR) is 123 cm³/mol. The molecule has 2 aliphatic carbocycles. The molecule has 8 nitrogen and oxygen atoms in total. The van der Waals surface area contributed by atoms with Gasteiger partial charge in [-0.15, -0.1) is 0 Å². The number of hydrogen-bond donors (Lipinski definition) is 3. The monoisotopic (exact) mass is 453 g/mol. The summed E-state index contributed by atoms with van der Waals surface area (Å²) in [6.07, 6.45) is 11.1. The molecule has 0 aromatic rings. The Hall–Kier alpha value is -1.67. The number of fused-ring (bicyclic) bond motifs is 1. The van der Waals surface area contributed by atoms with Gasteiger partial charge in [0, 0.05) is 12.1 Å². The fourth-order valence-electron chi connectivity index (χ4n) is 5.35. The van der Waals surface area contributed by atoms with Crippen molar-refractivity contribution in [3.63, 3.8) is 0 Å². The normalized spacial score (nSPS) is 27.1. The molecule has 4 N–H and O–H groups in total. The first-order valence-corrected chi connectivity index (χ1v) is 12.5. The summed E-state index contributed by atoms with van der Waals surface area (Å²) in [5.41, 5.74) is 5.53. The van der Waals surface area contributed by atoms with Crippen LogP contribution in [0.2, 0.25) is 0 Å².